The summed E-state index contributed by atoms with van der Waals surface area (Å²) in [6.07, 6.45) is 3.93. The van der Waals surface area contributed by atoms with E-state index in [1.165, 1.54) is 6.07 Å². The molecule has 0 saturated heterocycles. The van der Waals surface area contributed by atoms with Gasteiger partial charge in [0.2, 0.25) is 5.75 Å². The Bertz CT molecular complexity index is 1450. The number of non-ortho nitro benzene ring substituents is 1. The first-order valence-electron chi connectivity index (χ1n) is 12.5. The normalized spacial score (nSPS) is 17.8. The second-order valence-electron chi connectivity index (χ2n) is 9.53. The molecule has 3 aliphatic rings. The summed E-state index contributed by atoms with van der Waals surface area (Å²) in [4.78, 5) is 50.1. The van der Waals surface area contributed by atoms with Crippen LogP contribution in [0.15, 0.2) is 61.8 Å². The fourth-order valence-corrected chi connectivity index (χ4v) is 7.12. The van der Waals surface area contributed by atoms with Crippen molar-refractivity contribution in [3.05, 3.63) is 87.6 Å². The number of carbonyl (C=O) groups excluding carboxylic acids is 2. The number of nitro benzene ring substituents is 2. The van der Waals surface area contributed by atoms with E-state index >= 15 is 0 Å². The van der Waals surface area contributed by atoms with Gasteiger partial charge in [-0.15, -0.1) is 0 Å². The number of allylic oxidation sites excluding steroid dienone is 4. The Balaban J connectivity index is 1.62. The van der Waals surface area contributed by atoms with E-state index in [0.717, 1.165) is 54.8 Å². The van der Waals surface area contributed by atoms with E-state index in [9.17, 15) is 29.8 Å². The largest absolute Gasteiger partial charge is 0.448 e. The molecule has 202 valence electrons. The Kier molecular flexibility index (Phi) is 7.43. The van der Waals surface area contributed by atoms with Crippen molar-refractivity contribution in [3.8, 4) is 11.5 Å². The molecule has 12 heteroatoms. The van der Waals surface area contributed by atoms with Crippen LogP contribution in [0.3, 0.4) is 0 Å². The molecule has 2 aromatic rings. The zero-order valence-electron chi connectivity index (χ0n) is 20.9. The molecule has 39 heavy (non-hydrogen) atoms. The minimum absolute atomic E-state index is 0.0405. The van der Waals surface area contributed by atoms with Crippen molar-refractivity contribution >= 4 is 54.8 Å². The third kappa shape index (κ3) is 4.80. The number of hydrogen-bond acceptors (Lipinski definition) is 8. The van der Waals surface area contributed by atoms with Gasteiger partial charge >= 0.3 is 5.69 Å². The van der Waals surface area contributed by atoms with Crippen LogP contribution in [-0.2, 0) is 9.59 Å². The van der Waals surface area contributed by atoms with Gasteiger partial charge in [-0.2, -0.15) is 0 Å². The topological polar surface area (TPSA) is 133 Å². The third-order valence-corrected chi connectivity index (χ3v) is 8.50. The van der Waals surface area contributed by atoms with Gasteiger partial charge in [0.1, 0.15) is 0 Å². The number of halogens is 2. The molecule has 5 rings (SSSR count). The van der Waals surface area contributed by atoms with Crippen LogP contribution in [0.25, 0.3) is 0 Å². The lowest BCUT2D eigenvalue weighted by atomic mass is 9.71. The molecule has 10 nitrogen and oxygen atoms in total. The highest BCUT2D eigenvalue weighted by Gasteiger charge is 2.43. The minimum Gasteiger partial charge on any atom is -0.448 e. The summed E-state index contributed by atoms with van der Waals surface area (Å²) in [7, 11) is 0. The Morgan fingerprint density at radius 3 is 1.95 bits per heavy atom. The fourth-order valence-electron chi connectivity index (χ4n) is 5.73. The summed E-state index contributed by atoms with van der Waals surface area (Å²) in [6.45, 7) is 2.71. The maximum atomic E-state index is 13.3. The van der Waals surface area contributed by atoms with Gasteiger partial charge in [0, 0.05) is 53.9 Å². The Labute approximate surface area is 240 Å². The SMILES string of the molecule is CCN1C2=C(C(=O)CCC2)C(c2cc(Br)c(Oc3ccc([N+](=O)[O-])cc3[N+](=O)[O-])c(Br)c2)C2=C1CCCC2=O. The lowest BCUT2D eigenvalue weighted by molar-refractivity contribution is -0.394. The maximum absolute atomic E-state index is 13.3. The van der Waals surface area contributed by atoms with Crippen LogP contribution in [-0.4, -0.2) is 32.9 Å². The minimum atomic E-state index is -0.745. The second kappa shape index (κ2) is 10.6. The first-order valence-corrected chi connectivity index (χ1v) is 14.1. The number of ether oxygens (including phenoxy) is 1. The summed E-state index contributed by atoms with van der Waals surface area (Å²) in [6, 6.07) is 6.69. The quantitative estimate of drug-likeness (QED) is 0.234. The molecule has 0 aromatic heterocycles. The highest BCUT2D eigenvalue weighted by Crippen LogP contribution is 2.51. The molecule has 0 fully saturated rings. The van der Waals surface area contributed by atoms with E-state index < -0.39 is 27.1 Å². The Hall–Kier alpha value is -3.38. The lowest BCUT2D eigenvalue weighted by Gasteiger charge is -2.43. The molecule has 0 atom stereocenters. The van der Waals surface area contributed by atoms with Crippen LogP contribution >= 0.6 is 31.9 Å². The van der Waals surface area contributed by atoms with Crippen LogP contribution in [0.2, 0.25) is 0 Å². The zero-order valence-corrected chi connectivity index (χ0v) is 24.0. The van der Waals surface area contributed by atoms with Crippen molar-refractivity contribution < 1.29 is 24.2 Å². The van der Waals surface area contributed by atoms with Gasteiger partial charge in [0.25, 0.3) is 5.69 Å². The third-order valence-electron chi connectivity index (χ3n) is 7.32. The fraction of sp³-hybridized carbons (Fsp3) is 0.333. The second-order valence-corrected chi connectivity index (χ2v) is 11.2. The Morgan fingerprint density at radius 1 is 0.897 bits per heavy atom. The van der Waals surface area contributed by atoms with Gasteiger partial charge in [0.05, 0.1) is 24.9 Å². The first kappa shape index (κ1) is 27.2. The number of Topliss-reactive ketones (excluding diaryl/α,β-unsaturated/α-hetero) is 2. The van der Waals surface area contributed by atoms with Crippen LogP contribution in [0.5, 0.6) is 11.5 Å². The molecule has 0 unspecified atom stereocenters. The molecule has 2 aliphatic carbocycles. The molecule has 0 radical (unpaired) electrons. The van der Waals surface area contributed by atoms with Crippen LogP contribution < -0.4 is 4.74 Å². The van der Waals surface area contributed by atoms with E-state index in [1.807, 2.05) is 6.92 Å². The lowest BCUT2D eigenvalue weighted by Crippen LogP contribution is -2.39. The monoisotopic (exact) mass is 659 g/mol. The number of rotatable bonds is 6. The molecule has 1 heterocycles. The molecule has 0 N–H and O–H groups in total. The van der Waals surface area contributed by atoms with Gasteiger partial charge < -0.3 is 9.64 Å². The van der Waals surface area contributed by atoms with Crippen LogP contribution in [0, 0.1) is 20.2 Å². The average molecular weight is 661 g/mol. The predicted octanol–water partition coefficient (Wildman–Crippen LogP) is 7.25. The number of benzene rings is 2. The zero-order chi connectivity index (χ0) is 28.0. The molecule has 2 aromatic carbocycles. The molecule has 0 bridgehead atoms. The van der Waals surface area contributed by atoms with Crippen LogP contribution in [0.4, 0.5) is 11.4 Å². The number of ketones is 2. The standard InChI is InChI=1S/C27H23Br2N3O7/c1-2-30-18-5-3-7-21(33)25(18)24(26-19(30)6-4-8-22(26)34)14-11-16(28)27(17(29)12-14)39-23-10-9-15(31(35)36)13-20(23)32(37)38/h9-13,24H,2-8H2,1H3. The highest BCUT2D eigenvalue weighted by molar-refractivity contribution is 9.11. The van der Waals surface area contributed by atoms with E-state index in [1.54, 1.807) is 12.1 Å². The van der Waals surface area contributed by atoms with Gasteiger partial charge in [-0.25, -0.2) is 0 Å². The van der Waals surface area contributed by atoms with Crippen molar-refractivity contribution in [2.45, 2.75) is 51.4 Å². The van der Waals surface area contributed by atoms with Crippen molar-refractivity contribution in [1.82, 2.24) is 4.90 Å². The van der Waals surface area contributed by atoms with Crippen molar-refractivity contribution in [2.75, 3.05) is 6.54 Å². The maximum Gasteiger partial charge on any atom is 0.318 e. The number of nitro groups is 2. The van der Waals surface area contributed by atoms with Crippen molar-refractivity contribution in [2.24, 2.45) is 0 Å². The number of hydrogen-bond donors (Lipinski definition) is 0. The summed E-state index contributed by atoms with van der Waals surface area (Å²) < 4.78 is 6.75. The summed E-state index contributed by atoms with van der Waals surface area (Å²) >= 11 is 7.02. The molecule has 1 aliphatic heterocycles. The summed E-state index contributed by atoms with van der Waals surface area (Å²) in [5.74, 6) is -0.392. The van der Waals surface area contributed by atoms with E-state index in [0.29, 0.717) is 39.5 Å². The Morgan fingerprint density at radius 2 is 1.46 bits per heavy atom. The smallest absolute Gasteiger partial charge is 0.318 e. The molecule has 0 saturated carbocycles. The predicted molar refractivity (Wildman–Crippen MR) is 149 cm³/mol. The van der Waals surface area contributed by atoms with Gasteiger partial charge in [-0.1, -0.05) is 0 Å². The number of carbonyl (C=O) groups is 2. The van der Waals surface area contributed by atoms with E-state index in [-0.39, 0.29) is 23.1 Å². The van der Waals surface area contributed by atoms with E-state index in [2.05, 4.69) is 36.8 Å². The van der Waals surface area contributed by atoms with Crippen molar-refractivity contribution in [3.63, 3.8) is 0 Å². The molecular formula is C27H23Br2N3O7. The van der Waals surface area contributed by atoms with Gasteiger partial charge in [0.15, 0.2) is 17.3 Å². The molecular weight excluding hydrogens is 638 g/mol. The summed E-state index contributed by atoms with van der Waals surface area (Å²) in [5, 5.41) is 22.7. The van der Waals surface area contributed by atoms with Gasteiger partial charge in [-0.05, 0) is 88.2 Å². The van der Waals surface area contributed by atoms with Gasteiger partial charge in [-0.3, -0.25) is 29.8 Å². The first-order chi connectivity index (χ1) is 18.6. The molecule has 0 spiro atoms. The summed E-state index contributed by atoms with van der Waals surface area (Å²) in [5.41, 5.74) is 3.04. The highest BCUT2D eigenvalue weighted by atomic mass is 79.9. The number of nitrogens with zero attached hydrogens (tertiary/aromatic N) is 3. The average Bonchev–Trinajstić information content (AvgIpc) is 2.89. The molecule has 0 amide bonds. The van der Waals surface area contributed by atoms with Crippen LogP contribution in [0.1, 0.15) is 56.9 Å². The van der Waals surface area contributed by atoms with E-state index in [4.69, 9.17) is 4.74 Å². The van der Waals surface area contributed by atoms with Crippen molar-refractivity contribution in [1.29, 1.82) is 0 Å².